The molecule has 1 amide bonds. The summed E-state index contributed by atoms with van der Waals surface area (Å²) in [7, 11) is 0. The highest BCUT2D eigenvalue weighted by Gasteiger charge is 2.34. The molecule has 3 aromatic rings. The first kappa shape index (κ1) is 22.9. The standard InChI is InChI=1S/C25H24F3N5O2/c1-14-2-3-17(24(35)31-18-5-6-18)11-21(14)33-23(29)19(12-30-33)22(34)16-4-7-20-15(10-16)8-9-32(20)13-25(26,27)28/h2-4,7,10-12,18H,5-6,8-9,13,29H2,1H3,(H,31,35). The van der Waals surface area contributed by atoms with Gasteiger partial charge in [-0.1, -0.05) is 6.07 Å². The van der Waals surface area contributed by atoms with Crippen LogP contribution < -0.4 is 16.0 Å². The van der Waals surface area contributed by atoms with Gasteiger partial charge in [0.05, 0.1) is 17.4 Å². The molecule has 1 aromatic heterocycles. The van der Waals surface area contributed by atoms with Crippen molar-refractivity contribution in [3.05, 3.63) is 70.4 Å². The average molecular weight is 483 g/mol. The number of anilines is 2. The van der Waals surface area contributed by atoms with Crippen LogP contribution in [0, 0.1) is 6.92 Å². The maximum Gasteiger partial charge on any atom is 0.405 e. The van der Waals surface area contributed by atoms with E-state index in [0.29, 0.717) is 34.5 Å². The van der Waals surface area contributed by atoms with Crippen molar-refractivity contribution in [3.63, 3.8) is 0 Å². The summed E-state index contributed by atoms with van der Waals surface area (Å²) < 4.78 is 39.9. The second-order valence-electron chi connectivity index (χ2n) is 9.06. The van der Waals surface area contributed by atoms with E-state index in [4.69, 9.17) is 5.73 Å². The summed E-state index contributed by atoms with van der Waals surface area (Å²) in [6.07, 6.45) is -0.545. The van der Waals surface area contributed by atoms with Gasteiger partial charge < -0.3 is 16.0 Å². The van der Waals surface area contributed by atoms with E-state index >= 15 is 0 Å². The fourth-order valence-corrected chi connectivity index (χ4v) is 4.35. The molecule has 2 heterocycles. The van der Waals surface area contributed by atoms with E-state index in [1.54, 1.807) is 30.3 Å². The fourth-order valence-electron chi connectivity index (χ4n) is 4.35. The number of aryl methyl sites for hydroxylation is 1. The summed E-state index contributed by atoms with van der Waals surface area (Å²) in [5.74, 6) is -0.420. The number of aromatic nitrogens is 2. The minimum absolute atomic E-state index is 0.122. The molecule has 35 heavy (non-hydrogen) atoms. The zero-order valence-corrected chi connectivity index (χ0v) is 19.0. The van der Waals surface area contributed by atoms with Crippen molar-refractivity contribution in [2.24, 2.45) is 0 Å². The number of rotatable bonds is 6. The van der Waals surface area contributed by atoms with Crippen LogP contribution in [0.2, 0.25) is 0 Å². The number of carbonyl (C=O) groups is 2. The summed E-state index contributed by atoms with van der Waals surface area (Å²) in [4.78, 5) is 27.0. The van der Waals surface area contributed by atoms with Crippen LogP contribution in [-0.4, -0.2) is 46.8 Å². The quantitative estimate of drug-likeness (QED) is 0.520. The molecule has 182 valence electrons. The summed E-state index contributed by atoms with van der Waals surface area (Å²) in [6, 6.07) is 10.1. The van der Waals surface area contributed by atoms with E-state index in [1.807, 2.05) is 6.92 Å². The molecule has 1 saturated carbocycles. The number of nitrogens with two attached hydrogens (primary N) is 1. The zero-order valence-electron chi connectivity index (χ0n) is 19.0. The molecule has 0 bridgehead atoms. The van der Waals surface area contributed by atoms with Crippen LogP contribution in [0.15, 0.2) is 42.6 Å². The third-order valence-electron chi connectivity index (χ3n) is 6.37. The van der Waals surface area contributed by atoms with Gasteiger partial charge >= 0.3 is 6.18 Å². The molecular weight excluding hydrogens is 459 g/mol. The molecule has 1 aliphatic carbocycles. The number of hydrogen-bond donors (Lipinski definition) is 2. The second-order valence-corrected chi connectivity index (χ2v) is 9.06. The van der Waals surface area contributed by atoms with Crippen LogP contribution >= 0.6 is 0 Å². The number of nitrogens with zero attached hydrogens (tertiary/aromatic N) is 3. The van der Waals surface area contributed by atoms with Crippen molar-refractivity contribution >= 4 is 23.2 Å². The van der Waals surface area contributed by atoms with Crippen LogP contribution in [-0.2, 0) is 6.42 Å². The molecule has 5 rings (SSSR count). The van der Waals surface area contributed by atoms with Crippen LogP contribution in [0.3, 0.4) is 0 Å². The number of nitrogens with one attached hydrogen (secondary N) is 1. The van der Waals surface area contributed by atoms with E-state index < -0.39 is 12.7 Å². The van der Waals surface area contributed by atoms with Gasteiger partial charge in [-0.25, -0.2) is 4.68 Å². The molecule has 2 aromatic carbocycles. The van der Waals surface area contributed by atoms with Crippen molar-refractivity contribution in [2.75, 3.05) is 23.7 Å². The lowest BCUT2D eigenvalue weighted by molar-refractivity contribution is -0.119. The van der Waals surface area contributed by atoms with Crippen LogP contribution in [0.1, 0.15) is 50.2 Å². The summed E-state index contributed by atoms with van der Waals surface area (Å²) in [6.45, 7) is 1.08. The number of nitrogen functional groups attached to an aromatic ring is 1. The largest absolute Gasteiger partial charge is 0.405 e. The van der Waals surface area contributed by atoms with Gasteiger partial charge in [0.15, 0.2) is 5.78 Å². The molecule has 3 N–H and O–H groups in total. The van der Waals surface area contributed by atoms with Gasteiger partial charge in [-0.3, -0.25) is 9.59 Å². The number of halogens is 3. The van der Waals surface area contributed by atoms with Gasteiger partial charge in [0.1, 0.15) is 12.4 Å². The van der Waals surface area contributed by atoms with Crippen molar-refractivity contribution in [1.82, 2.24) is 15.1 Å². The lowest BCUT2D eigenvalue weighted by atomic mass is 10.0. The summed E-state index contributed by atoms with van der Waals surface area (Å²) in [5, 5.41) is 7.24. The highest BCUT2D eigenvalue weighted by Crippen LogP contribution is 2.33. The smallest absolute Gasteiger partial charge is 0.383 e. The predicted molar refractivity (Wildman–Crippen MR) is 125 cm³/mol. The van der Waals surface area contributed by atoms with E-state index in [9.17, 15) is 22.8 Å². The Morgan fingerprint density at radius 3 is 2.57 bits per heavy atom. The van der Waals surface area contributed by atoms with Gasteiger partial charge in [0, 0.05) is 29.4 Å². The number of benzene rings is 2. The molecule has 10 heteroatoms. The number of fused-ring (bicyclic) bond motifs is 1. The molecule has 7 nitrogen and oxygen atoms in total. The minimum Gasteiger partial charge on any atom is -0.383 e. The van der Waals surface area contributed by atoms with Gasteiger partial charge in [0.25, 0.3) is 5.91 Å². The van der Waals surface area contributed by atoms with Gasteiger partial charge in [-0.15, -0.1) is 0 Å². The van der Waals surface area contributed by atoms with E-state index in [1.165, 1.54) is 21.8 Å². The third kappa shape index (κ3) is 4.60. The lowest BCUT2D eigenvalue weighted by Gasteiger charge is -2.21. The second kappa shape index (κ2) is 8.44. The van der Waals surface area contributed by atoms with Crippen LogP contribution in [0.4, 0.5) is 24.7 Å². The first-order valence-electron chi connectivity index (χ1n) is 11.4. The molecule has 0 unspecified atom stereocenters. The average Bonchev–Trinajstić information content (AvgIpc) is 3.42. The zero-order chi connectivity index (χ0) is 24.9. The van der Waals surface area contributed by atoms with Crippen molar-refractivity contribution in [2.45, 2.75) is 38.4 Å². The fraction of sp³-hybridized carbons (Fsp3) is 0.320. The van der Waals surface area contributed by atoms with E-state index in [0.717, 1.165) is 18.4 Å². The number of hydrogen-bond acceptors (Lipinski definition) is 5. The van der Waals surface area contributed by atoms with Crippen LogP contribution in [0.25, 0.3) is 5.69 Å². The Morgan fingerprint density at radius 1 is 1.11 bits per heavy atom. The maximum atomic E-state index is 13.2. The number of amides is 1. The van der Waals surface area contributed by atoms with Crippen molar-refractivity contribution < 1.29 is 22.8 Å². The minimum atomic E-state index is -4.30. The summed E-state index contributed by atoms with van der Waals surface area (Å²) >= 11 is 0. The number of ketones is 1. The molecule has 0 saturated heterocycles. The van der Waals surface area contributed by atoms with Gasteiger partial charge in [-0.05, 0) is 67.6 Å². The Balaban J connectivity index is 1.41. The van der Waals surface area contributed by atoms with Crippen LogP contribution in [0.5, 0.6) is 0 Å². The molecule has 0 radical (unpaired) electrons. The highest BCUT2D eigenvalue weighted by molar-refractivity contribution is 6.12. The van der Waals surface area contributed by atoms with E-state index in [-0.39, 0.29) is 35.7 Å². The Labute approximate surface area is 199 Å². The summed E-state index contributed by atoms with van der Waals surface area (Å²) in [5.41, 5.74) is 9.88. The number of alkyl halides is 3. The molecular formula is C25H24F3N5O2. The first-order valence-corrected chi connectivity index (χ1v) is 11.4. The topological polar surface area (TPSA) is 93.2 Å². The maximum absolute atomic E-state index is 13.2. The molecule has 0 atom stereocenters. The Kier molecular flexibility index (Phi) is 5.53. The predicted octanol–water partition coefficient (Wildman–Crippen LogP) is 3.81. The highest BCUT2D eigenvalue weighted by atomic mass is 19.4. The Bertz CT molecular complexity index is 1330. The van der Waals surface area contributed by atoms with E-state index in [2.05, 4.69) is 10.4 Å². The molecule has 1 fully saturated rings. The van der Waals surface area contributed by atoms with Gasteiger partial charge in [-0.2, -0.15) is 18.3 Å². The SMILES string of the molecule is Cc1ccc(C(=O)NC2CC2)cc1-n1ncc(C(=O)c2ccc3c(c2)CCN3CC(F)(F)F)c1N. The van der Waals surface area contributed by atoms with Crippen molar-refractivity contribution in [1.29, 1.82) is 0 Å². The lowest BCUT2D eigenvalue weighted by Crippen LogP contribution is -2.32. The Morgan fingerprint density at radius 2 is 1.86 bits per heavy atom. The number of carbonyl (C=O) groups excluding carboxylic acids is 2. The molecule has 2 aliphatic rings. The normalized spacial score (nSPS) is 15.3. The monoisotopic (exact) mass is 483 g/mol. The first-order chi connectivity index (χ1) is 16.6. The third-order valence-corrected chi connectivity index (χ3v) is 6.37. The molecule has 1 aliphatic heterocycles. The van der Waals surface area contributed by atoms with Crippen molar-refractivity contribution in [3.8, 4) is 5.69 Å². The van der Waals surface area contributed by atoms with Gasteiger partial charge in [0.2, 0.25) is 0 Å². The molecule has 0 spiro atoms. The Hall–Kier alpha value is -3.82.